The maximum atomic E-state index is 12.4. The Hall–Kier alpha value is -3.60. The normalized spacial score (nSPS) is 13.9. The monoisotopic (exact) mass is 359 g/mol. The maximum absolute atomic E-state index is 12.4. The van der Waals surface area contributed by atoms with Crippen molar-refractivity contribution in [3.8, 4) is 11.3 Å². The molecule has 0 radical (unpaired) electrons. The summed E-state index contributed by atoms with van der Waals surface area (Å²) in [6.45, 7) is 0. The van der Waals surface area contributed by atoms with Gasteiger partial charge in [0.1, 0.15) is 5.82 Å². The summed E-state index contributed by atoms with van der Waals surface area (Å²) in [4.78, 5) is 25.3. The van der Waals surface area contributed by atoms with Crippen LogP contribution in [0.4, 0.5) is 0 Å². The van der Waals surface area contributed by atoms with E-state index in [1.807, 2.05) is 29.8 Å². The molecule has 2 aromatic heterocycles. The van der Waals surface area contributed by atoms with Gasteiger partial charge in [-0.1, -0.05) is 48.4 Å². The lowest BCUT2D eigenvalue weighted by Gasteiger charge is -2.05. The van der Waals surface area contributed by atoms with Crippen LogP contribution in [0.3, 0.4) is 0 Å². The second-order valence-corrected chi connectivity index (χ2v) is 5.96. The summed E-state index contributed by atoms with van der Waals surface area (Å²) in [6.07, 6.45) is 7.47. The molecular formula is C22H18N4O. The van der Waals surface area contributed by atoms with E-state index in [0.717, 1.165) is 16.6 Å². The SMILES string of the molecule is [2H]c1c([2H])c([2H])c(/C=C/C(=O)Cc2ncc3ccc(-c4cncn4C)cc3n2)c([2H])c1[2H]. The van der Waals surface area contributed by atoms with Gasteiger partial charge in [-0.15, -0.1) is 0 Å². The topological polar surface area (TPSA) is 60.7 Å². The molecule has 0 aliphatic heterocycles. The zero-order valence-corrected chi connectivity index (χ0v) is 14.5. The van der Waals surface area contributed by atoms with E-state index in [-0.39, 0.29) is 29.9 Å². The highest BCUT2D eigenvalue weighted by Crippen LogP contribution is 2.22. The molecule has 4 rings (SSSR count). The summed E-state index contributed by atoms with van der Waals surface area (Å²) in [5, 5.41) is 0.835. The number of hydrogen-bond acceptors (Lipinski definition) is 4. The van der Waals surface area contributed by atoms with Gasteiger partial charge in [0.05, 0.1) is 37.0 Å². The van der Waals surface area contributed by atoms with Crippen LogP contribution in [0.25, 0.3) is 28.2 Å². The third kappa shape index (κ3) is 3.82. The lowest BCUT2D eigenvalue weighted by atomic mass is 10.1. The van der Waals surface area contributed by atoms with Gasteiger partial charge in [0, 0.05) is 24.2 Å². The predicted octanol–water partition coefficient (Wildman–Crippen LogP) is 3.86. The van der Waals surface area contributed by atoms with Crippen molar-refractivity contribution in [1.29, 1.82) is 0 Å². The Kier molecular flexibility index (Phi) is 3.23. The highest BCUT2D eigenvalue weighted by atomic mass is 16.1. The molecule has 5 heteroatoms. The number of ketones is 1. The zero-order valence-electron chi connectivity index (χ0n) is 19.5. The molecule has 0 fully saturated rings. The fourth-order valence-electron chi connectivity index (χ4n) is 2.68. The minimum Gasteiger partial charge on any atom is -0.334 e. The van der Waals surface area contributed by atoms with Gasteiger partial charge in [0.25, 0.3) is 0 Å². The van der Waals surface area contributed by atoms with Gasteiger partial charge in [-0.25, -0.2) is 15.0 Å². The molecule has 0 bridgehead atoms. The van der Waals surface area contributed by atoms with Crippen molar-refractivity contribution >= 4 is 22.8 Å². The van der Waals surface area contributed by atoms with Crippen LogP contribution < -0.4 is 0 Å². The number of imidazole rings is 1. The summed E-state index contributed by atoms with van der Waals surface area (Å²) in [5.41, 5.74) is 2.53. The molecular weight excluding hydrogens is 336 g/mol. The third-order valence-electron chi connectivity index (χ3n) is 4.03. The molecule has 0 spiro atoms. The molecule has 2 heterocycles. The first-order valence-corrected chi connectivity index (χ1v) is 8.26. The van der Waals surface area contributed by atoms with Gasteiger partial charge >= 0.3 is 0 Å². The van der Waals surface area contributed by atoms with E-state index in [2.05, 4.69) is 15.0 Å². The number of aryl methyl sites for hydroxylation is 1. The Balaban J connectivity index is 1.58. The largest absolute Gasteiger partial charge is 0.334 e. The highest BCUT2D eigenvalue weighted by molar-refractivity contribution is 5.95. The van der Waals surface area contributed by atoms with Crippen LogP contribution >= 0.6 is 0 Å². The van der Waals surface area contributed by atoms with Crippen molar-refractivity contribution in [2.45, 2.75) is 6.42 Å². The van der Waals surface area contributed by atoms with E-state index in [4.69, 9.17) is 6.85 Å². The van der Waals surface area contributed by atoms with Gasteiger partial charge in [-0.05, 0) is 17.7 Å². The van der Waals surface area contributed by atoms with Gasteiger partial charge in [-0.3, -0.25) is 4.79 Å². The fourth-order valence-corrected chi connectivity index (χ4v) is 2.68. The number of fused-ring (bicyclic) bond motifs is 1. The second-order valence-electron chi connectivity index (χ2n) is 5.96. The molecule has 0 N–H and O–H groups in total. The van der Waals surface area contributed by atoms with Crippen molar-refractivity contribution in [3.63, 3.8) is 0 Å². The van der Waals surface area contributed by atoms with Crippen LogP contribution in [0, 0.1) is 0 Å². The maximum Gasteiger partial charge on any atom is 0.163 e. The van der Waals surface area contributed by atoms with E-state index in [0.29, 0.717) is 11.3 Å². The van der Waals surface area contributed by atoms with Crippen molar-refractivity contribution in [2.24, 2.45) is 7.05 Å². The standard InChI is InChI=1S/C22H18N4O/c1-26-15-23-14-21(26)17-8-9-18-13-24-22(25-20(18)11-17)12-19(27)10-7-16-5-3-2-4-6-16/h2-11,13-15H,12H2,1H3/b10-7+/i2D,3D,4D,5D,6D. The van der Waals surface area contributed by atoms with E-state index < -0.39 is 18.1 Å². The molecule has 4 aromatic rings. The lowest BCUT2D eigenvalue weighted by molar-refractivity contribution is -0.114. The Bertz CT molecular complexity index is 1370. The number of hydrogen-bond donors (Lipinski definition) is 0. The molecule has 2 aromatic carbocycles. The van der Waals surface area contributed by atoms with Gasteiger partial charge < -0.3 is 4.57 Å². The average molecular weight is 359 g/mol. The first-order valence-electron chi connectivity index (χ1n) is 10.8. The molecule has 0 saturated heterocycles. The smallest absolute Gasteiger partial charge is 0.163 e. The molecule has 132 valence electrons. The molecule has 0 unspecified atom stereocenters. The molecule has 0 atom stereocenters. The first kappa shape index (κ1) is 11.9. The molecule has 0 amide bonds. The van der Waals surface area contributed by atoms with E-state index >= 15 is 0 Å². The number of rotatable bonds is 5. The number of allylic oxidation sites excluding steroid dienone is 1. The van der Waals surface area contributed by atoms with Crippen LogP contribution in [-0.2, 0) is 18.3 Å². The minimum atomic E-state index is -0.474. The van der Waals surface area contributed by atoms with Crippen molar-refractivity contribution in [3.05, 3.63) is 84.6 Å². The second kappa shape index (κ2) is 7.33. The summed E-state index contributed by atoms with van der Waals surface area (Å²) in [6, 6.07) is 3.69. The summed E-state index contributed by atoms with van der Waals surface area (Å²) >= 11 is 0. The molecule has 0 saturated carbocycles. The quantitative estimate of drug-likeness (QED) is 0.508. The highest BCUT2D eigenvalue weighted by Gasteiger charge is 2.08. The van der Waals surface area contributed by atoms with Gasteiger partial charge in [-0.2, -0.15) is 0 Å². The molecule has 0 aliphatic carbocycles. The van der Waals surface area contributed by atoms with Crippen LogP contribution in [0.2, 0.25) is 0 Å². The Morgan fingerprint density at radius 1 is 1.22 bits per heavy atom. The molecule has 27 heavy (non-hydrogen) atoms. The predicted molar refractivity (Wildman–Crippen MR) is 106 cm³/mol. The van der Waals surface area contributed by atoms with Gasteiger partial charge in [0.15, 0.2) is 5.78 Å². The number of carbonyl (C=O) groups excluding carboxylic acids is 1. The van der Waals surface area contributed by atoms with Crippen LogP contribution in [0.5, 0.6) is 0 Å². The summed E-state index contributed by atoms with van der Waals surface area (Å²) in [7, 11) is 1.90. The fraction of sp³-hybridized carbons (Fsp3) is 0.0909. The van der Waals surface area contributed by atoms with E-state index in [1.165, 1.54) is 12.2 Å². The zero-order chi connectivity index (χ0) is 23.0. The van der Waals surface area contributed by atoms with Gasteiger partial charge in [0.2, 0.25) is 0 Å². The van der Waals surface area contributed by atoms with E-state index in [9.17, 15) is 4.79 Å². The molecule has 0 aliphatic rings. The van der Waals surface area contributed by atoms with Crippen LogP contribution in [-0.4, -0.2) is 25.3 Å². The molecule has 5 nitrogen and oxygen atoms in total. The van der Waals surface area contributed by atoms with Crippen molar-refractivity contribution in [1.82, 2.24) is 19.5 Å². The van der Waals surface area contributed by atoms with Crippen molar-refractivity contribution in [2.75, 3.05) is 0 Å². The minimum absolute atomic E-state index is 0.0374. The average Bonchev–Trinajstić information content (AvgIpc) is 3.21. The summed E-state index contributed by atoms with van der Waals surface area (Å²) < 4.78 is 40.8. The van der Waals surface area contributed by atoms with Crippen molar-refractivity contribution < 1.29 is 11.6 Å². The van der Waals surface area contributed by atoms with E-state index in [1.54, 1.807) is 18.7 Å². The lowest BCUT2D eigenvalue weighted by Crippen LogP contribution is -2.03. The number of benzene rings is 2. The number of carbonyl (C=O) groups is 1. The Morgan fingerprint density at radius 3 is 2.85 bits per heavy atom. The first-order chi connectivity index (χ1) is 15.3. The Labute approximate surface area is 164 Å². The van der Waals surface area contributed by atoms with Crippen LogP contribution in [0.1, 0.15) is 18.2 Å². The number of nitrogens with zero attached hydrogens (tertiary/aromatic N) is 4. The van der Waals surface area contributed by atoms with Crippen LogP contribution in [0.15, 0.2) is 73.2 Å². The third-order valence-corrected chi connectivity index (χ3v) is 4.03. The summed E-state index contributed by atoms with van der Waals surface area (Å²) in [5.74, 6) is -0.0192. The number of aromatic nitrogens is 4. The Morgan fingerprint density at radius 2 is 2.07 bits per heavy atom.